The Morgan fingerprint density at radius 2 is 1.93 bits per heavy atom. The fraction of sp³-hybridized carbons (Fsp3) is 0.296. The number of carbonyl (C=O) groups excluding carboxylic acids is 1. The van der Waals surface area contributed by atoms with Crippen molar-refractivity contribution in [2.75, 3.05) is 20.2 Å². The minimum Gasteiger partial charge on any atom is -0.494 e. The first kappa shape index (κ1) is 27.2. The summed E-state index contributed by atoms with van der Waals surface area (Å²) in [5.41, 5.74) is 5.39. The van der Waals surface area contributed by atoms with Gasteiger partial charge in [-0.15, -0.1) is 0 Å². The average Bonchev–Trinajstić information content (AvgIpc) is 3.39. The average molecular weight is 557 g/mol. The number of oxazole rings is 1. The van der Waals surface area contributed by atoms with Crippen LogP contribution in [0.2, 0.25) is 0 Å². The Labute approximate surface area is 225 Å². The molecule has 9 nitrogen and oxygen atoms in total. The van der Waals surface area contributed by atoms with Crippen LogP contribution in [-0.4, -0.2) is 51.7 Å². The molecule has 3 N–H and O–H groups in total. The lowest BCUT2D eigenvalue weighted by molar-refractivity contribution is -0.140. The number of fused-ring (bicyclic) bond motifs is 1. The van der Waals surface area contributed by atoms with Crippen molar-refractivity contribution >= 4 is 22.5 Å². The molecule has 3 aromatic heterocycles. The molecule has 208 valence electrons. The second kappa shape index (κ2) is 10.6. The van der Waals surface area contributed by atoms with Crippen molar-refractivity contribution in [1.29, 1.82) is 5.41 Å². The van der Waals surface area contributed by atoms with Crippen LogP contribution in [-0.2, 0) is 12.7 Å². The molecule has 1 aliphatic rings. The number of halogens is 4. The molecule has 5 rings (SSSR count). The van der Waals surface area contributed by atoms with Gasteiger partial charge < -0.3 is 25.2 Å². The van der Waals surface area contributed by atoms with Gasteiger partial charge in [0.05, 0.1) is 19.9 Å². The molecule has 0 spiro atoms. The first-order valence-corrected chi connectivity index (χ1v) is 12.3. The summed E-state index contributed by atoms with van der Waals surface area (Å²) in [6.45, 7) is 0.474. The summed E-state index contributed by atoms with van der Waals surface area (Å²) in [6.07, 6.45) is -1.25. The zero-order valence-corrected chi connectivity index (χ0v) is 21.3. The van der Waals surface area contributed by atoms with Gasteiger partial charge in [-0.3, -0.25) is 9.78 Å². The minimum atomic E-state index is -4.65. The van der Waals surface area contributed by atoms with Crippen molar-refractivity contribution in [1.82, 2.24) is 19.9 Å². The van der Waals surface area contributed by atoms with Crippen LogP contribution in [0, 0.1) is 17.1 Å². The monoisotopic (exact) mass is 556 g/mol. The fourth-order valence-electron chi connectivity index (χ4n) is 4.81. The Kier molecular flexibility index (Phi) is 7.23. The quantitative estimate of drug-likeness (QED) is 0.257. The van der Waals surface area contributed by atoms with Gasteiger partial charge in [0.15, 0.2) is 17.3 Å². The molecule has 4 aromatic rings. The highest BCUT2D eigenvalue weighted by atomic mass is 19.4. The number of nitrogens with two attached hydrogens (primary N) is 1. The number of pyridine rings is 2. The van der Waals surface area contributed by atoms with E-state index in [9.17, 15) is 22.4 Å². The van der Waals surface area contributed by atoms with Gasteiger partial charge in [-0.1, -0.05) is 0 Å². The van der Waals surface area contributed by atoms with E-state index in [1.807, 2.05) is 0 Å². The Balaban J connectivity index is 1.41. The predicted octanol–water partition coefficient (Wildman–Crippen LogP) is 4.83. The highest BCUT2D eigenvalue weighted by Crippen LogP contribution is 2.37. The van der Waals surface area contributed by atoms with Gasteiger partial charge in [0, 0.05) is 47.4 Å². The number of aromatic nitrogens is 3. The van der Waals surface area contributed by atoms with E-state index in [2.05, 4.69) is 15.0 Å². The molecule has 4 heterocycles. The van der Waals surface area contributed by atoms with Crippen LogP contribution in [0.4, 0.5) is 17.6 Å². The normalized spacial score (nSPS) is 14.5. The summed E-state index contributed by atoms with van der Waals surface area (Å²) in [5.74, 6) is -0.967. The maximum atomic E-state index is 14.1. The van der Waals surface area contributed by atoms with E-state index in [1.54, 1.807) is 11.0 Å². The number of piperidine rings is 1. The maximum Gasteiger partial charge on any atom is 0.433 e. The minimum absolute atomic E-state index is 0.00263. The van der Waals surface area contributed by atoms with Gasteiger partial charge in [-0.25, -0.2) is 14.4 Å². The lowest BCUT2D eigenvalue weighted by Gasteiger charge is -2.32. The summed E-state index contributed by atoms with van der Waals surface area (Å²) in [5, 5.41) is 8.71. The van der Waals surface area contributed by atoms with E-state index in [0.29, 0.717) is 36.9 Å². The summed E-state index contributed by atoms with van der Waals surface area (Å²) in [7, 11) is 1.32. The van der Waals surface area contributed by atoms with Crippen molar-refractivity contribution in [3.8, 4) is 17.2 Å². The molecule has 0 atom stereocenters. The summed E-state index contributed by atoms with van der Waals surface area (Å²) in [4.78, 5) is 26.8. The number of hydrogen-bond acceptors (Lipinski definition) is 8. The van der Waals surface area contributed by atoms with Crippen LogP contribution in [0.25, 0.3) is 22.4 Å². The van der Waals surface area contributed by atoms with Gasteiger partial charge in [0.2, 0.25) is 5.89 Å². The number of likely N-dealkylation sites (tertiary alicyclic amines) is 1. The SMILES string of the molecule is COc1ccc(-c2nc(C(=O)N3CCC(C(=N)c4ccncc4F)CC3)c(CN)o2)c2ccc(C(F)(F)F)nc12. The summed E-state index contributed by atoms with van der Waals surface area (Å²) >= 11 is 0. The number of ether oxygens (including phenoxy) is 1. The highest BCUT2D eigenvalue weighted by Gasteiger charge is 2.34. The second-order valence-electron chi connectivity index (χ2n) is 9.24. The molecule has 1 aliphatic heterocycles. The van der Waals surface area contributed by atoms with E-state index in [-0.39, 0.29) is 52.3 Å². The van der Waals surface area contributed by atoms with Gasteiger partial charge in [-0.05, 0) is 43.2 Å². The molecule has 13 heteroatoms. The van der Waals surface area contributed by atoms with E-state index in [4.69, 9.17) is 20.3 Å². The molecule has 0 aliphatic carbocycles. The van der Waals surface area contributed by atoms with Gasteiger partial charge in [0.25, 0.3) is 5.91 Å². The topological polar surface area (TPSA) is 131 Å². The first-order valence-electron chi connectivity index (χ1n) is 12.3. The third kappa shape index (κ3) is 4.99. The largest absolute Gasteiger partial charge is 0.494 e. The summed E-state index contributed by atoms with van der Waals surface area (Å²) < 4.78 is 65.0. The number of benzene rings is 1. The number of methoxy groups -OCH3 is 1. The van der Waals surface area contributed by atoms with Gasteiger partial charge >= 0.3 is 6.18 Å². The van der Waals surface area contributed by atoms with Gasteiger partial charge in [0.1, 0.15) is 17.0 Å². The van der Waals surface area contributed by atoms with E-state index in [0.717, 1.165) is 12.3 Å². The molecule has 1 amide bonds. The highest BCUT2D eigenvalue weighted by molar-refractivity contribution is 6.01. The Hall–Kier alpha value is -4.39. The number of carbonyl (C=O) groups is 1. The molecule has 1 fully saturated rings. The van der Waals surface area contributed by atoms with E-state index < -0.39 is 23.6 Å². The molecule has 0 unspecified atom stereocenters. The standard InChI is InChI=1S/C27H24F4N6O3/c1-39-19-4-2-16(15-3-5-21(27(29,30)31)35-23(15)19)25-36-24(20(12-32)40-25)26(38)37-10-7-14(8-11-37)22(33)17-6-9-34-13-18(17)28/h2-6,9,13-14,33H,7-8,10-12,32H2,1H3. The van der Waals surface area contributed by atoms with Gasteiger partial charge in [-0.2, -0.15) is 13.2 Å². The predicted molar refractivity (Wildman–Crippen MR) is 136 cm³/mol. The zero-order chi connectivity index (χ0) is 28.6. The number of alkyl halides is 3. The van der Waals surface area contributed by atoms with E-state index >= 15 is 0 Å². The Morgan fingerprint density at radius 3 is 2.58 bits per heavy atom. The van der Waals surface area contributed by atoms with Crippen LogP contribution in [0.5, 0.6) is 5.75 Å². The molecule has 0 saturated carbocycles. The molecule has 0 bridgehead atoms. The fourth-order valence-corrected chi connectivity index (χ4v) is 4.81. The molecule has 1 aromatic carbocycles. The second-order valence-corrected chi connectivity index (χ2v) is 9.24. The zero-order valence-electron chi connectivity index (χ0n) is 21.3. The number of rotatable bonds is 6. The Morgan fingerprint density at radius 1 is 1.18 bits per heavy atom. The number of nitrogens with one attached hydrogen (secondary N) is 1. The van der Waals surface area contributed by atoms with Crippen molar-refractivity contribution in [2.45, 2.75) is 25.6 Å². The van der Waals surface area contributed by atoms with Crippen molar-refractivity contribution in [3.63, 3.8) is 0 Å². The molecular weight excluding hydrogens is 532 g/mol. The van der Waals surface area contributed by atoms with Crippen molar-refractivity contribution in [2.24, 2.45) is 11.7 Å². The number of hydrogen-bond donors (Lipinski definition) is 2. The van der Waals surface area contributed by atoms with Crippen LogP contribution in [0.15, 0.2) is 47.1 Å². The van der Waals surface area contributed by atoms with Crippen molar-refractivity contribution < 1.29 is 31.5 Å². The van der Waals surface area contributed by atoms with E-state index in [1.165, 1.54) is 31.5 Å². The molecule has 40 heavy (non-hydrogen) atoms. The maximum absolute atomic E-state index is 14.1. The lowest BCUT2D eigenvalue weighted by Crippen LogP contribution is -2.41. The van der Waals surface area contributed by atoms with Crippen LogP contribution in [0.1, 0.15) is 40.3 Å². The Bertz CT molecular complexity index is 1600. The summed E-state index contributed by atoms with van der Waals surface area (Å²) in [6, 6.07) is 6.57. The molecule has 0 radical (unpaired) electrons. The smallest absolute Gasteiger partial charge is 0.433 e. The van der Waals surface area contributed by atoms with Crippen LogP contribution < -0.4 is 10.5 Å². The third-order valence-electron chi connectivity index (χ3n) is 6.90. The lowest BCUT2D eigenvalue weighted by atomic mass is 9.88. The first-order chi connectivity index (χ1) is 19.1. The number of nitrogens with zero attached hydrogens (tertiary/aromatic N) is 4. The third-order valence-corrected chi connectivity index (χ3v) is 6.90. The number of amides is 1. The van der Waals surface area contributed by atoms with Crippen LogP contribution >= 0.6 is 0 Å². The van der Waals surface area contributed by atoms with Crippen molar-refractivity contribution in [3.05, 3.63) is 71.3 Å². The molecule has 1 saturated heterocycles. The molecular formula is C27H24F4N6O3. The van der Waals surface area contributed by atoms with Crippen LogP contribution in [0.3, 0.4) is 0 Å².